The lowest BCUT2D eigenvalue weighted by molar-refractivity contribution is 0.290. The first-order valence-electron chi connectivity index (χ1n) is 7.11. The van der Waals surface area contributed by atoms with Crippen molar-refractivity contribution in [3.63, 3.8) is 0 Å². The van der Waals surface area contributed by atoms with Crippen LogP contribution >= 0.6 is 11.6 Å². The highest BCUT2D eigenvalue weighted by molar-refractivity contribution is 7.89. The zero-order chi connectivity index (χ0) is 15.5. The maximum atomic E-state index is 12.3. The minimum absolute atomic E-state index is 0.0209. The van der Waals surface area contributed by atoms with Gasteiger partial charge in [-0.3, -0.25) is 0 Å². The second-order valence-corrected chi connectivity index (χ2v) is 7.88. The number of halogens is 1. The molecule has 6 heteroatoms. The highest BCUT2D eigenvalue weighted by atomic mass is 35.5. The summed E-state index contributed by atoms with van der Waals surface area (Å²) in [4.78, 5) is -0.0209. The molecule has 114 valence electrons. The van der Waals surface area contributed by atoms with Gasteiger partial charge in [-0.05, 0) is 42.9 Å². The van der Waals surface area contributed by atoms with Crippen molar-refractivity contribution in [2.45, 2.75) is 37.5 Å². The lowest BCUT2D eigenvalue weighted by atomic mass is 9.83. The Kier molecular flexibility index (Phi) is 5.26. The molecule has 1 aliphatic rings. The Labute approximate surface area is 131 Å². The quantitative estimate of drug-likeness (QED) is 0.922. The predicted octanol–water partition coefficient (Wildman–Crippen LogP) is 3.32. The van der Waals surface area contributed by atoms with Gasteiger partial charge in [-0.1, -0.05) is 31.4 Å². The van der Waals surface area contributed by atoms with E-state index in [0.29, 0.717) is 12.5 Å². The fourth-order valence-corrected chi connectivity index (χ4v) is 4.26. The van der Waals surface area contributed by atoms with Gasteiger partial charge in [-0.15, -0.1) is 0 Å². The second kappa shape index (κ2) is 6.78. The molecule has 0 amide bonds. The van der Waals surface area contributed by atoms with Gasteiger partial charge in [0.05, 0.1) is 16.7 Å². The Morgan fingerprint density at radius 3 is 2.62 bits per heavy atom. The zero-order valence-corrected chi connectivity index (χ0v) is 13.5. The number of nitrogens with one attached hydrogen (secondary N) is 1. The minimum Gasteiger partial charge on any atom is -0.211 e. The van der Waals surface area contributed by atoms with Crippen LogP contribution in [0.15, 0.2) is 23.1 Å². The van der Waals surface area contributed by atoms with Crippen molar-refractivity contribution < 1.29 is 8.42 Å². The fraction of sp³-hybridized carbons (Fsp3) is 0.533. The van der Waals surface area contributed by atoms with Crippen LogP contribution in [-0.4, -0.2) is 15.0 Å². The topological polar surface area (TPSA) is 70.0 Å². The molecule has 0 saturated heterocycles. The molecule has 0 atom stereocenters. The number of hydrogen-bond donors (Lipinski definition) is 1. The van der Waals surface area contributed by atoms with Crippen molar-refractivity contribution in [1.29, 1.82) is 5.26 Å². The third-order valence-electron chi connectivity index (χ3n) is 4.05. The van der Waals surface area contributed by atoms with E-state index < -0.39 is 10.0 Å². The van der Waals surface area contributed by atoms with Gasteiger partial charge in [-0.25, -0.2) is 13.1 Å². The molecule has 1 aromatic carbocycles. The molecule has 0 aromatic heterocycles. The summed E-state index contributed by atoms with van der Waals surface area (Å²) in [6, 6.07) is 6.18. The predicted molar refractivity (Wildman–Crippen MR) is 82.5 cm³/mol. The third-order valence-corrected chi connectivity index (χ3v) is 5.95. The van der Waals surface area contributed by atoms with E-state index in [0.717, 1.165) is 31.6 Å². The Morgan fingerprint density at radius 1 is 1.33 bits per heavy atom. The number of nitrogens with zero attached hydrogens (tertiary/aromatic N) is 1. The monoisotopic (exact) mass is 326 g/mol. The molecule has 4 nitrogen and oxygen atoms in total. The van der Waals surface area contributed by atoms with E-state index in [1.165, 1.54) is 18.2 Å². The van der Waals surface area contributed by atoms with Crippen LogP contribution in [0.2, 0.25) is 5.02 Å². The average Bonchev–Trinajstić information content (AvgIpc) is 2.47. The molecular formula is C15H19ClN2O2S. The lowest BCUT2D eigenvalue weighted by Crippen LogP contribution is -2.31. The number of rotatable bonds is 4. The van der Waals surface area contributed by atoms with Crippen LogP contribution in [0, 0.1) is 23.2 Å². The summed E-state index contributed by atoms with van der Waals surface area (Å²) in [6.07, 6.45) is 4.40. The summed E-state index contributed by atoms with van der Waals surface area (Å²) in [5.74, 6) is 1.12. The molecule has 0 heterocycles. The molecule has 0 aliphatic heterocycles. The molecule has 1 saturated carbocycles. The zero-order valence-electron chi connectivity index (χ0n) is 12.0. The average molecular weight is 327 g/mol. The molecule has 2 rings (SSSR count). The van der Waals surface area contributed by atoms with Crippen LogP contribution in [-0.2, 0) is 10.0 Å². The van der Waals surface area contributed by atoms with Crippen LogP contribution in [0.5, 0.6) is 0 Å². The van der Waals surface area contributed by atoms with E-state index in [9.17, 15) is 8.42 Å². The Hall–Kier alpha value is -1.09. The normalized spacial score (nSPS) is 22.7. The van der Waals surface area contributed by atoms with Gasteiger partial charge in [0.1, 0.15) is 4.90 Å². The number of benzene rings is 1. The Bertz CT molecular complexity index is 644. The van der Waals surface area contributed by atoms with Crippen LogP contribution < -0.4 is 4.72 Å². The van der Waals surface area contributed by atoms with Crippen molar-refractivity contribution in [3.8, 4) is 6.07 Å². The van der Waals surface area contributed by atoms with E-state index in [1.807, 2.05) is 6.07 Å². The van der Waals surface area contributed by atoms with Gasteiger partial charge in [0.2, 0.25) is 10.0 Å². The molecule has 21 heavy (non-hydrogen) atoms. The highest BCUT2D eigenvalue weighted by Crippen LogP contribution is 2.28. The van der Waals surface area contributed by atoms with Crippen molar-refractivity contribution >= 4 is 21.6 Å². The SMILES string of the molecule is CC1CCC(CNS(=O)(=O)c2cc(C#N)ccc2Cl)CC1. The number of hydrogen-bond acceptors (Lipinski definition) is 3. The van der Waals surface area contributed by atoms with E-state index in [1.54, 1.807) is 0 Å². The molecule has 0 unspecified atom stereocenters. The van der Waals surface area contributed by atoms with Gasteiger partial charge in [0.15, 0.2) is 0 Å². The molecular weight excluding hydrogens is 308 g/mol. The molecule has 1 fully saturated rings. The second-order valence-electron chi connectivity index (χ2n) is 5.73. The molecule has 1 aliphatic carbocycles. The maximum absolute atomic E-state index is 12.3. The van der Waals surface area contributed by atoms with E-state index in [4.69, 9.17) is 16.9 Å². The first-order chi connectivity index (χ1) is 9.92. The summed E-state index contributed by atoms with van der Waals surface area (Å²) in [5, 5.41) is 9.01. The van der Waals surface area contributed by atoms with Crippen LogP contribution in [0.1, 0.15) is 38.2 Å². The first-order valence-corrected chi connectivity index (χ1v) is 8.98. The van der Waals surface area contributed by atoms with Gasteiger partial charge < -0.3 is 0 Å². The highest BCUT2D eigenvalue weighted by Gasteiger charge is 2.23. The number of nitriles is 1. The third kappa shape index (κ3) is 4.19. The summed E-state index contributed by atoms with van der Waals surface area (Å²) in [7, 11) is -3.67. The maximum Gasteiger partial charge on any atom is 0.242 e. The van der Waals surface area contributed by atoms with Gasteiger partial charge in [0, 0.05) is 6.54 Å². The summed E-state index contributed by atoms with van der Waals surface area (Å²) in [6.45, 7) is 2.66. The van der Waals surface area contributed by atoms with Crippen molar-refractivity contribution in [1.82, 2.24) is 4.72 Å². The number of sulfonamides is 1. The first kappa shape index (κ1) is 16.3. The van der Waals surface area contributed by atoms with Crippen LogP contribution in [0.25, 0.3) is 0 Å². The van der Waals surface area contributed by atoms with E-state index in [2.05, 4.69) is 11.6 Å². The van der Waals surface area contributed by atoms with Gasteiger partial charge in [-0.2, -0.15) is 5.26 Å². The summed E-state index contributed by atoms with van der Waals surface area (Å²) >= 11 is 5.95. The lowest BCUT2D eigenvalue weighted by Gasteiger charge is -2.26. The molecule has 0 bridgehead atoms. The van der Waals surface area contributed by atoms with Crippen molar-refractivity contribution in [3.05, 3.63) is 28.8 Å². The molecule has 1 aromatic rings. The van der Waals surface area contributed by atoms with Gasteiger partial charge in [0.25, 0.3) is 0 Å². The van der Waals surface area contributed by atoms with Crippen molar-refractivity contribution in [2.75, 3.05) is 6.54 Å². The van der Waals surface area contributed by atoms with Crippen LogP contribution in [0.3, 0.4) is 0 Å². The summed E-state index contributed by atoms with van der Waals surface area (Å²) in [5.41, 5.74) is 0.284. The van der Waals surface area contributed by atoms with Crippen LogP contribution in [0.4, 0.5) is 0 Å². The Morgan fingerprint density at radius 2 is 2.00 bits per heavy atom. The largest absolute Gasteiger partial charge is 0.242 e. The van der Waals surface area contributed by atoms with Gasteiger partial charge >= 0.3 is 0 Å². The smallest absolute Gasteiger partial charge is 0.211 e. The fourth-order valence-electron chi connectivity index (χ4n) is 2.62. The molecule has 0 spiro atoms. The van der Waals surface area contributed by atoms with Crippen molar-refractivity contribution in [2.24, 2.45) is 11.8 Å². The minimum atomic E-state index is -3.67. The summed E-state index contributed by atoms with van der Waals surface area (Å²) < 4.78 is 27.3. The molecule has 0 radical (unpaired) electrons. The molecule has 1 N–H and O–H groups in total. The van der Waals surface area contributed by atoms with E-state index >= 15 is 0 Å². The standard InChI is InChI=1S/C15H19ClN2O2S/c1-11-2-4-12(5-3-11)10-18-21(19,20)15-8-13(9-17)6-7-14(15)16/h6-8,11-12,18H,2-5,10H2,1H3. The van der Waals surface area contributed by atoms with E-state index in [-0.39, 0.29) is 15.5 Å². The Balaban J connectivity index is 2.07.